The highest BCUT2D eigenvalue weighted by Crippen LogP contribution is 2.28. The number of carbonyl (C=O) groups is 2. The average Bonchev–Trinajstić information content (AvgIpc) is 2.52. The van der Waals surface area contributed by atoms with Gasteiger partial charge in [-0.1, -0.05) is 6.92 Å². The fraction of sp³-hybridized carbons (Fsp3) is 0.529. The minimum absolute atomic E-state index is 0.339. The molecule has 0 radical (unpaired) electrons. The highest BCUT2D eigenvalue weighted by Gasteiger charge is 2.22. The summed E-state index contributed by atoms with van der Waals surface area (Å²) in [6, 6.07) is 4.47. The summed E-state index contributed by atoms with van der Waals surface area (Å²) in [5, 5.41) is 11.7. The summed E-state index contributed by atoms with van der Waals surface area (Å²) in [5.74, 6) is -0.855. The predicted octanol–water partition coefficient (Wildman–Crippen LogP) is 2.71. The second-order valence-corrected chi connectivity index (χ2v) is 5.33. The second kappa shape index (κ2) is 9.02. The molecule has 0 spiro atoms. The van der Waals surface area contributed by atoms with Crippen molar-refractivity contribution in [2.75, 3.05) is 13.2 Å². The van der Waals surface area contributed by atoms with Crippen LogP contribution in [-0.4, -0.2) is 36.2 Å². The number of carbonyl (C=O) groups excluding carboxylic acids is 1. The molecule has 0 fully saturated rings. The van der Waals surface area contributed by atoms with E-state index in [-0.39, 0.29) is 5.91 Å². The first-order chi connectivity index (χ1) is 10.9. The number of hydrogen-bond donors (Lipinski definition) is 2. The van der Waals surface area contributed by atoms with Crippen molar-refractivity contribution < 1.29 is 24.2 Å². The van der Waals surface area contributed by atoms with Crippen LogP contribution >= 0.6 is 0 Å². The Labute approximate surface area is 136 Å². The molecule has 0 heterocycles. The fourth-order valence-corrected chi connectivity index (χ4v) is 1.88. The predicted molar refractivity (Wildman–Crippen MR) is 87.1 cm³/mol. The van der Waals surface area contributed by atoms with Gasteiger partial charge in [0.15, 0.2) is 11.5 Å². The molecular weight excluding hydrogens is 298 g/mol. The number of benzene rings is 1. The van der Waals surface area contributed by atoms with Crippen molar-refractivity contribution in [2.45, 2.75) is 40.2 Å². The minimum Gasteiger partial charge on any atom is -0.490 e. The lowest BCUT2D eigenvalue weighted by Gasteiger charge is -2.18. The van der Waals surface area contributed by atoms with E-state index in [9.17, 15) is 9.59 Å². The van der Waals surface area contributed by atoms with Gasteiger partial charge in [-0.25, -0.2) is 0 Å². The third-order valence-electron chi connectivity index (χ3n) is 3.47. The second-order valence-electron chi connectivity index (χ2n) is 5.33. The molecule has 2 N–H and O–H groups in total. The van der Waals surface area contributed by atoms with E-state index in [1.54, 1.807) is 32.0 Å². The van der Waals surface area contributed by atoms with Crippen LogP contribution in [0.2, 0.25) is 0 Å². The van der Waals surface area contributed by atoms with Crippen molar-refractivity contribution >= 4 is 11.9 Å². The van der Waals surface area contributed by atoms with Gasteiger partial charge in [-0.2, -0.15) is 0 Å². The average molecular weight is 323 g/mol. The number of rotatable bonds is 9. The number of hydrogen-bond acceptors (Lipinski definition) is 4. The third-order valence-corrected chi connectivity index (χ3v) is 3.47. The van der Waals surface area contributed by atoms with Gasteiger partial charge >= 0.3 is 5.97 Å². The minimum atomic E-state index is -0.948. The van der Waals surface area contributed by atoms with Gasteiger partial charge in [0.2, 0.25) is 0 Å². The highest BCUT2D eigenvalue weighted by atomic mass is 16.5. The molecule has 2 atom stereocenters. The third kappa shape index (κ3) is 5.47. The van der Waals surface area contributed by atoms with Crippen LogP contribution in [0.15, 0.2) is 18.2 Å². The maximum absolute atomic E-state index is 12.3. The number of amides is 1. The Morgan fingerprint density at radius 2 is 1.87 bits per heavy atom. The van der Waals surface area contributed by atoms with E-state index in [0.29, 0.717) is 30.3 Å². The number of nitrogens with one attached hydrogen (secondary N) is 1. The van der Waals surface area contributed by atoms with Gasteiger partial charge in [-0.3, -0.25) is 9.59 Å². The molecule has 1 rings (SSSR count). The van der Waals surface area contributed by atoms with Crippen LogP contribution in [0.5, 0.6) is 11.5 Å². The van der Waals surface area contributed by atoms with Crippen molar-refractivity contribution in [3.05, 3.63) is 23.8 Å². The maximum atomic E-state index is 12.3. The van der Waals surface area contributed by atoms with Crippen LogP contribution in [0, 0.1) is 5.92 Å². The fourth-order valence-electron chi connectivity index (χ4n) is 1.88. The number of ether oxygens (including phenoxy) is 2. The smallest absolute Gasteiger partial charge is 0.308 e. The summed E-state index contributed by atoms with van der Waals surface area (Å²) in [5.41, 5.74) is 0.404. The molecule has 0 saturated carbocycles. The van der Waals surface area contributed by atoms with Gasteiger partial charge in [-0.05, 0) is 45.4 Å². The van der Waals surface area contributed by atoms with Gasteiger partial charge in [-0.15, -0.1) is 0 Å². The van der Waals surface area contributed by atoms with Gasteiger partial charge < -0.3 is 19.9 Å². The Balaban J connectivity index is 2.88. The van der Waals surface area contributed by atoms with Crippen molar-refractivity contribution in [3.8, 4) is 11.5 Å². The van der Waals surface area contributed by atoms with Crippen molar-refractivity contribution in [2.24, 2.45) is 5.92 Å². The zero-order valence-electron chi connectivity index (χ0n) is 14.1. The monoisotopic (exact) mass is 323 g/mol. The van der Waals surface area contributed by atoms with Gasteiger partial charge in [0.05, 0.1) is 19.1 Å². The van der Waals surface area contributed by atoms with Crippen molar-refractivity contribution in [3.63, 3.8) is 0 Å². The zero-order chi connectivity index (χ0) is 17.4. The molecule has 1 aromatic carbocycles. The first-order valence-electron chi connectivity index (χ1n) is 7.84. The van der Waals surface area contributed by atoms with Crippen LogP contribution in [0.4, 0.5) is 0 Å². The Bertz CT molecular complexity index is 544. The van der Waals surface area contributed by atoms with Crippen LogP contribution < -0.4 is 14.8 Å². The summed E-state index contributed by atoms with van der Waals surface area (Å²) < 4.78 is 11.1. The molecule has 1 amide bonds. The van der Waals surface area contributed by atoms with E-state index < -0.39 is 17.9 Å². The summed E-state index contributed by atoms with van der Waals surface area (Å²) in [7, 11) is 0. The number of aliphatic carboxylic acids is 1. The van der Waals surface area contributed by atoms with Crippen molar-refractivity contribution in [1.82, 2.24) is 5.32 Å². The first kappa shape index (κ1) is 18.8. The Kier molecular flexibility index (Phi) is 7.38. The van der Waals surface area contributed by atoms with E-state index in [1.807, 2.05) is 13.8 Å². The Hall–Kier alpha value is -2.24. The summed E-state index contributed by atoms with van der Waals surface area (Å²) in [6.45, 7) is 8.11. The molecule has 0 bridgehead atoms. The van der Waals surface area contributed by atoms with E-state index >= 15 is 0 Å². The van der Waals surface area contributed by atoms with E-state index in [1.165, 1.54) is 0 Å². The summed E-state index contributed by atoms with van der Waals surface area (Å²) >= 11 is 0. The Morgan fingerprint density at radius 3 is 2.43 bits per heavy atom. The van der Waals surface area contributed by atoms with Crippen LogP contribution in [-0.2, 0) is 4.79 Å². The first-order valence-corrected chi connectivity index (χ1v) is 7.84. The zero-order valence-corrected chi connectivity index (χ0v) is 14.1. The van der Waals surface area contributed by atoms with E-state index in [2.05, 4.69) is 5.32 Å². The summed E-state index contributed by atoms with van der Waals surface area (Å²) in [6.07, 6.45) is 0.873. The lowest BCUT2D eigenvalue weighted by Crippen LogP contribution is -2.40. The van der Waals surface area contributed by atoms with Crippen LogP contribution in [0.3, 0.4) is 0 Å². The number of carboxylic acids is 1. The SMILES string of the molecule is CCCOc1ccc(C(=O)NC(C)C(C)C(=O)O)cc1OCC. The van der Waals surface area contributed by atoms with Crippen molar-refractivity contribution in [1.29, 1.82) is 0 Å². The molecule has 0 aliphatic carbocycles. The number of carboxylic acid groups (broad SMARTS) is 1. The highest BCUT2D eigenvalue weighted by molar-refractivity contribution is 5.95. The van der Waals surface area contributed by atoms with Gasteiger partial charge in [0.25, 0.3) is 5.91 Å². The van der Waals surface area contributed by atoms with Crippen LogP contribution in [0.1, 0.15) is 44.5 Å². The standard InChI is InChI=1S/C17H25NO5/c1-5-9-23-14-8-7-13(10-15(14)22-6-2)16(19)18-12(4)11(3)17(20)21/h7-8,10-12H,5-6,9H2,1-4H3,(H,18,19)(H,20,21). The molecule has 128 valence electrons. The largest absolute Gasteiger partial charge is 0.490 e. The normalized spacial score (nSPS) is 13.0. The van der Waals surface area contributed by atoms with E-state index in [0.717, 1.165) is 6.42 Å². The molecular formula is C17H25NO5. The van der Waals surface area contributed by atoms with Gasteiger partial charge in [0.1, 0.15) is 0 Å². The molecule has 0 aromatic heterocycles. The lowest BCUT2D eigenvalue weighted by atomic mass is 10.0. The van der Waals surface area contributed by atoms with Crippen LogP contribution in [0.25, 0.3) is 0 Å². The molecule has 1 aromatic rings. The lowest BCUT2D eigenvalue weighted by molar-refractivity contribution is -0.141. The quantitative estimate of drug-likeness (QED) is 0.730. The molecule has 6 heteroatoms. The molecule has 0 aliphatic rings. The molecule has 0 aliphatic heterocycles. The topological polar surface area (TPSA) is 84.9 Å². The molecule has 0 saturated heterocycles. The molecule has 6 nitrogen and oxygen atoms in total. The molecule has 2 unspecified atom stereocenters. The Morgan fingerprint density at radius 1 is 1.17 bits per heavy atom. The van der Waals surface area contributed by atoms with Gasteiger partial charge in [0, 0.05) is 11.6 Å². The molecule has 23 heavy (non-hydrogen) atoms. The summed E-state index contributed by atoms with van der Waals surface area (Å²) in [4.78, 5) is 23.2. The maximum Gasteiger partial charge on any atom is 0.308 e. The van der Waals surface area contributed by atoms with E-state index in [4.69, 9.17) is 14.6 Å².